The number of halogens is 3. The van der Waals surface area contributed by atoms with Crippen LogP contribution < -0.4 is 0 Å². The van der Waals surface area contributed by atoms with Crippen molar-refractivity contribution >= 4 is 35.6 Å². The molecule has 1 nitrogen and oxygen atoms in total. The second kappa shape index (κ2) is 7.36. The summed E-state index contributed by atoms with van der Waals surface area (Å²) in [5, 5.41) is 0.781. The Morgan fingerprint density at radius 2 is 1.79 bits per heavy atom. The maximum atomic E-state index is 5.77. The number of nitrogens with zero attached hydrogens (tertiary/aromatic N) is 1. The molecule has 0 atom stereocenters. The highest BCUT2D eigenvalue weighted by Crippen LogP contribution is 2.10. The Kier molecular flexibility index (Phi) is 7.38. The van der Waals surface area contributed by atoms with Gasteiger partial charge in [-0.2, -0.15) is 0 Å². The van der Waals surface area contributed by atoms with E-state index in [1.165, 1.54) is 5.56 Å². The lowest BCUT2D eigenvalue weighted by Crippen LogP contribution is -2.19. The van der Waals surface area contributed by atoms with E-state index in [0.29, 0.717) is 5.88 Å². The summed E-state index contributed by atoms with van der Waals surface area (Å²) < 4.78 is 0. The maximum absolute atomic E-state index is 5.77. The molecule has 0 aliphatic carbocycles. The third-order valence-corrected chi connectivity index (χ3v) is 2.25. The van der Waals surface area contributed by atoms with Crippen LogP contribution in [0, 0.1) is 0 Å². The van der Waals surface area contributed by atoms with Crippen LogP contribution in [0.25, 0.3) is 0 Å². The Bertz CT molecular complexity index is 248. The van der Waals surface area contributed by atoms with E-state index in [-0.39, 0.29) is 12.4 Å². The number of alkyl halides is 1. The van der Waals surface area contributed by atoms with E-state index in [0.717, 1.165) is 18.1 Å². The fourth-order valence-electron chi connectivity index (χ4n) is 1.12. The largest absolute Gasteiger partial charge is 0.301 e. The van der Waals surface area contributed by atoms with Gasteiger partial charge in [-0.25, -0.2) is 0 Å². The van der Waals surface area contributed by atoms with Gasteiger partial charge in [0.25, 0.3) is 0 Å². The quantitative estimate of drug-likeness (QED) is 0.744. The average Bonchev–Trinajstić information content (AvgIpc) is 2.09. The van der Waals surface area contributed by atoms with Crippen molar-refractivity contribution < 1.29 is 0 Å². The van der Waals surface area contributed by atoms with Gasteiger partial charge in [0, 0.05) is 24.0 Å². The Hall–Kier alpha value is 0.0500. The lowest BCUT2D eigenvalue weighted by atomic mass is 10.2. The van der Waals surface area contributed by atoms with Gasteiger partial charge in [-0.1, -0.05) is 23.7 Å². The van der Waals surface area contributed by atoms with E-state index in [1.807, 2.05) is 24.3 Å². The number of benzene rings is 1. The smallest absolute Gasteiger partial charge is 0.0406 e. The number of hydrogen-bond donors (Lipinski definition) is 0. The van der Waals surface area contributed by atoms with Gasteiger partial charge in [0.05, 0.1) is 0 Å². The molecule has 0 aliphatic rings. The van der Waals surface area contributed by atoms with Gasteiger partial charge in [-0.05, 0) is 24.7 Å². The van der Waals surface area contributed by atoms with Crippen LogP contribution in [0.3, 0.4) is 0 Å². The van der Waals surface area contributed by atoms with Crippen molar-refractivity contribution in [3.8, 4) is 0 Å². The molecule has 0 saturated heterocycles. The molecule has 0 spiro atoms. The van der Waals surface area contributed by atoms with Gasteiger partial charge in [0.15, 0.2) is 0 Å². The van der Waals surface area contributed by atoms with Crippen molar-refractivity contribution in [2.75, 3.05) is 19.5 Å². The molecule has 0 aromatic heterocycles. The van der Waals surface area contributed by atoms with E-state index < -0.39 is 0 Å². The molecule has 0 unspecified atom stereocenters. The molecule has 0 N–H and O–H groups in total. The minimum absolute atomic E-state index is 0. The van der Waals surface area contributed by atoms with Crippen molar-refractivity contribution in [3.63, 3.8) is 0 Å². The Balaban J connectivity index is 0.00000169. The number of rotatable bonds is 4. The van der Waals surface area contributed by atoms with Gasteiger partial charge < -0.3 is 4.90 Å². The van der Waals surface area contributed by atoms with Gasteiger partial charge in [0.2, 0.25) is 0 Å². The van der Waals surface area contributed by atoms with Gasteiger partial charge in [0.1, 0.15) is 0 Å². The molecular formula is C10H14Cl3N. The zero-order chi connectivity index (χ0) is 9.68. The van der Waals surface area contributed by atoms with Gasteiger partial charge >= 0.3 is 0 Å². The van der Waals surface area contributed by atoms with E-state index in [1.54, 1.807) is 0 Å². The zero-order valence-corrected chi connectivity index (χ0v) is 10.4. The summed E-state index contributed by atoms with van der Waals surface area (Å²) in [5.41, 5.74) is 1.26. The van der Waals surface area contributed by atoms with Crippen LogP contribution >= 0.6 is 35.6 Å². The van der Waals surface area contributed by atoms with Crippen LogP contribution in [-0.4, -0.2) is 24.4 Å². The summed E-state index contributed by atoms with van der Waals surface area (Å²) >= 11 is 11.4. The predicted octanol–water partition coefficient (Wildman–Crippen LogP) is 3.43. The molecule has 0 amide bonds. The van der Waals surface area contributed by atoms with Crippen LogP contribution in [0.1, 0.15) is 5.56 Å². The first kappa shape index (κ1) is 14.1. The highest BCUT2D eigenvalue weighted by Gasteiger charge is 1.98. The van der Waals surface area contributed by atoms with E-state index >= 15 is 0 Å². The Morgan fingerprint density at radius 1 is 1.21 bits per heavy atom. The van der Waals surface area contributed by atoms with Crippen LogP contribution in [0.2, 0.25) is 5.02 Å². The lowest BCUT2D eigenvalue weighted by Gasteiger charge is -2.14. The minimum Gasteiger partial charge on any atom is -0.301 e. The Labute approximate surface area is 101 Å². The normalized spacial score (nSPS) is 10.0. The van der Waals surface area contributed by atoms with Crippen molar-refractivity contribution in [2.24, 2.45) is 0 Å². The molecule has 0 saturated carbocycles. The Morgan fingerprint density at radius 3 is 2.29 bits per heavy atom. The molecule has 0 radical (unpaired) electrons. The van der Waals surface area contributed by atoms with Crippen molar-refractivity contribution in [2.45, 2.75) is 6.54 Å². The average molecular weight is 255 g/mol. The molecule has 14 heavy (non-hydrogen) atoms. The second-order valence-electron chi connectivity index (χ2n) is 3.05. The molecule has 1 aromatic carbocycles. The molecule has 0 aliphatic heterocycles. The van der Waals surface area contributed by atoms with Crippen molar-refractivity contribution in [1.82, 2.24) is 4.90 Å². The number of hydrogen-bond acceptors (Lipinski definition) is 1. The minimum atomic E-state index is 0. The van der Waals surface area contributed by atoms with Crippen LogP contribution in [-0.2, 0) is 6.54 Å². The van der Waals surface area contributed by atoms with Crippen molar-refractivity contribution in [3.05, 3.63) is 34.9 Å². The lowest BCUT2D eigenvalue weighted by molar-refractivity contribution is 0.348. The maximum Gasteiger partial charge on any atom is 0.0406 e. The first-order valence-electron chi connectivity index (χ1n) is 4.21. The fourth-order valence-corrected chi connectivity index (χ4v) is 1.54. The molecule has 80 valence electrons. The summed E-state index contributed by atoms with van der Waals surface area (Å²) in [5.74, 6) is 0.671. The standard InChI is InChI=1S/C10H13Cl2N.ClH/c1-13(7-6-11)8-9-2-4-10(12)5-3-9;/h2-5H,6-8H2,1H3;1H. The summed E-state index contributed by atoms with van der Waals surface area (Å²) in [7, 11) is 2.05. The third kappa shape index (κ3) is 5.06. The van der Waals surface area contributed by atoms with Gasteiger partial charge in [-0.15, -0.1) is 24.0 Å². The highest BCUT2D eigenvalue weighted by atomic mass is 35.5. The molecular weight excluding hydrogens is 240 g/mol. The molecule has 0 fully saturated rings. The topological polar surface area (TPSA) is 3.24 Å². The monoisotopic (exact) mass is 253 g/mol. The molecule has 0 bridgehead atoms. The molecule has 0 heterocycles. The third-order valence-electron chi connectivity index (χ3n) is 1.83. The predicted molar refractivity (Wildman–Crippen MR) is 65.8 cm³/mol. The van der Waals surface area contributed by atoms with Crippen LogP contribution in [0.4, 0.5) is 0 Å². The fraction of sp³-hybridized carbons (Fsp3) is 0.400. The highest BCUT2D eigenvalue weighted by molar-refractivity contribution is 6.30. The first-order chi connectivity index (χ1) is 6.22. The van der Waals surface area contributed by atoms with E-state index in [2.05, 4.69) is 11.9 Å². The summed E-state index contributed by atoms with van der Waals surface area (Å²) in [6.07, 6.45) is 0. The summed E-state index contributed by atoms with van der Waals surface area (Å²) in [4.78, 5) is 2.18. The summed E-state index contributed by atoms with van der Waals surface area (Å²) in [6.45, 7) is 1.83. The first-order valence-corrected chi connectivity index (χ1v) is 5.12. The van der Waals surface area contributed by atoms with Gasteiger partial charge in [-0.3, -0.25) is 0 Å². The van der Waals surface area contributed by atoms with Crippen LogP contribution in [0.5, 0.6) is 0 Å². The summed E-state index contributed by atoms with van der Waals surface area (Å²) in [6, 6.07) is 7.89. The van der Waals surface area contributed by atoms with E-state index in [9.17, 15) is 0 Å². The molecule has 1 rings (SSSR count). The van der Waals surface area contributed by atoms with Crippen LogP contribution in [0.15, 0.2) is 24.3 Å². The van der Waals surface area contributed by atoms with E-state index in [4.69, 9.17) is 23.2 Å². The molecule has 1 aromatic rings. The SMILES string of the molecule is CN(CCCl)Cc1ccc(Cl)cc1.Cl. The zero-order valence-electron chi connectivity index (χ0n) is 8.04. The molecule has 4 heteroatoms. The van der Waals surface area contributed by atoms with Crippen molar-refractivity contribution in [1.29, 1.82) is 0 Å². The second-order valence-corrected chi connectivity index (χ2v) is 3.87.